The summed E-state index contributed by atoms with van der Waals surface area (Å²) >= 11 is 1.46. The number of furan rings is 1. The van der Waals surface area contributed by atoms with Crippen LogP contribution >= 0.6 is 11.3 Å². The fraction of sp³-hybridized carbons (Fsp3) is 0.125. The van der Waals surface area contributed by atoms with Gasteiger partial charge in [0.25, 0.3) is 0 Å². The van der Waals surface area contributed by atoms with Crippen LogP contribution in [-0.2, 0) is 4.79 Å². The second kappa shape index (κ2) is 4.86. The fourth-order valence-electron chi connectivity index (χ4n) is 2.77. The second-order valence-corrected chi connectivity index (χ2v) is 5.74. The molecule has 1 saturated heterocycles. The van der Waals surface area contributed by atoms with Crippen LogP contribution in [0.25, 0.3) is 0 Å². The van der Waals surface area contributed by atoms with Crippen molar-refractivity contribution >= 4 is 22.4 Å². The van der Waals surface area contributed by atoms with Gasteiger partial charge in [-0.05, 0) is 17.7 Å². The maximum Gasteiger partial charge on any atom is 0.239 e. The van der Waals surface area contributed by atoms with E-state index in [0.29, 0.717) is 5.13 Å². The third-order valence-electron chi connectivity index (χ3n) is 3.72. The van der Waals surface area contributed by atoms with E-state index < -0.39 is 0 Å². The Kier molecular flexibility index (Phi) is 2.86. The summed E-state index contributed by atoms with van der Waals surface area (Å²) in [5.74, 6) is 0.650. The number of hydrogen-bond acceptors (Lipinski definition) is 4. The normalized spacial score (nSPS) is 21.3. The highest BCUT2D eigenvalue weighted by Crippen LogP contribution is 2.49. The first-order chi connectivity index (χ1) is 10.4. The van der Waals surface area contributed by atoms with Crippen LogP contribution < -0.4 is 4.90 Å². The molecule has 0 saturated carbocycles. The maximum atomic E-state index is 12.6. The minimum atomic E-state index is -0.207. The van der Waals surface area contributed by atoms with Crippen LogP contribution in [0.5, 0.6) is 0 Å². The molecule has 2 aromatic heterocycles. The summed E-state index contributed by atoms with van der Waals surface area (Å²) in [6.45, 7) is 0. The van der Waals surface area contributed by atoms with E-state index in [1.165, 1.54) is 11.3 Å². The van der Waals surface area contributed by atoms with Gasteiger partial charge in [0.15, 0.2) is 5.13 Å². The van der Waals surface area contributed by atoms with Gasteiger partial charge in [-0.3, -0.25) is 9.69 Å². The first kappa shape index (κ1) is 12.3. The highest BCUT2D eigenvalue weighted by atomic mass is 32.1. The topological polar surface area (TPSA) is 46.3 Å². The van der Waals surface area contributed by atoms with E-state index in [0.717, 1.165) is 11.3 Å². The van der Waals surface area contributed by atoms with Gasteiger partial charge in [0.2, 0.25) is 5.91 Å². The third kappa shape index (κ3) is 1.89. The lowest BCUT2D eigenvalue weighted by molar-refractivity contribution is -0.127. The molecule has 3 aromatic rings. The van der Waals surface area contributed by atoms with Gasteiger partial charge in [-0.15, -0.1) is 11.3 Å². The van der Waals surface area contributed by atoms with Crippen LogP contribution in [0.3, 0.4) is 0 Å². The molecular formula is C16H12N2O2S. The quantitative estimate of drug-likeness (QED) is 0.694. The average Bonchev–Trinajstić information content (AvgIpc) is 3.19. The number of carbonyl (C=O) groups excluding carboxylic acids is 1. The Morgan fingerprint density at radius 3 is 2.67 bits per heavy atom. The number of aromatic nitrogens is 1. The molecule has 0 spiro atoms. The Balaban J connectivity index is 1.77. The van der Waals surface area contributed by atoms with E-state index in [9.17, 15) is 4.79 Å². The molecule has 1 aliphatic rings. The standard InChI is InChI=1S/C16H12N2O2S/c19-15-13(11-5-2-1-3-6-11)14(12-7-4-9-20-12)18(15)16-17-8-10-21-16/h1-10,13-14H. The first-order valence-electron chi connectivity index (χ1n) is 6.67. The van der Waals surface area contributed by atoms with Crippen molar-refractivity contribution in [2.24, 2.45) is 0 Å². The lowest BCUT2D eigenvalue weighted by Crippen LogP contribution is -2.53. The van der Waals surface area contributed by atoms with Gasteiger partial charge in [0.1, 0.15) is 11.8 Å². The molecule has 0 bridgehead atoms. The zero-order valence-electron chi connectivity index (χ0n) is 11.0. The molecule has 21 heavy (non-hydrogen) atoms. The Morgan fingerprint density at radius 2 is 2.00 bits per heavy atom. The SMILES string of the molecule is O=C1C(c2ccccc2)C(c2ccco2)N1c1nccs1. The zero-order chi connectivity index (χ0) is 14.2. The largest absolute Gasteiger partial charge is 0.467 e. The predicted molar refractivity (Wildman–Crippen MR) is 80.2 cm³/mol. The number of benzene rings is 1. The molecule has 1 amide bonds. The van der Waals surface area contributed by atoms with Crippen LogP contribution in [0, 0.1) is 0 Å². The van der Waals surface area contributed by atoms with Gasteiger partial charge >= 0.3 is 0 Å². The highest BCUT2D eigenvalue weighted by Gasteiger charge is 2.52. The third-order valence-corrected chi connectivity index (χ3v) is 4.49. The van der Waals surface area contributed by atoms with Crippen molar-refractivity contribution in [2.75, 3.05) is 4.90 Å². The Morgan fingerprint density at radius 1 is 1.14 bits per heavy atom. The van der Waals surface area contributed by atoms with Crippen molar-refractivity contribution < 1.29 is 9.21 Å². The predicted octanol–water partition coefficient (Wildman–Crippen LogP) is 3.61. The van der Waals surface area contributed by atoms with Crippen molar-refractivity contribution in [3.8, 4) is 0 Å². The molecule has 0 N–H and O–H groups in total. The molecule has 2 atom stereocenters. The summed E-state index contributed by atoms with van der Waals surface area (Å²) < 4.78 is 5.55. The molecule has 1 aromatic carbocycles. The molecule has 5 heteroatoms. The van der Waals surface area contributed by atoms with Gasteiger partial charge in [-0.1, -0.05) is 30.3 Å². The fourth-order valence-corrected chi connectivity index (χ4v) is 3.46. The van der Waals surface area contributed by atoms with Crippen molar-refractivity contribution in [1.82, 2.24) is 4.98 Å². The summed E-state index contributed by atoms with van der Waals surface area (Å²) in [6.07, 6.45) is 3.35. The molecule has 2 unspecified atom stereocenters. The summed E-state index contributed by atoms with van der Waals surface area (Å²) in [4.78, 5) is 18.6. The Hall–Kier alpha value is -2.40. The van der Waals surface area contributed by atoms with E-state index in [4.69, 9.17) is 4.42 Å². The van der Waals surface area contributed by atoms with Gasteiger partial charge in [-0.2, -0.15) is 0 Å². The van der Waals surface area contributed by atoms with Crippen molar-refractivity contribution in [3.05, 3.63) is 71.6 Å². The monoisotopic (exact) mass is 296 g/mol. The minimum Gasteiger partial charge on any atom is -0.467 e. The number of rotatable bonds is 3. The molecule has 104 valence electrons. The summed E-state index contributed by atoms with van der Waals surface area (Å²) in [6, 6.07) is 13.5. The van der Waals surface area contributed by atoms with Crippen LogP contribution in [-0.4, -0.2) is 10.9 Å². The van der Waals surface area contributed by atoms with Crippen LogP contribution in [0.1, 0.15) is 23.3 Å². The number of hydrogen-bond donors (Lipinski definition) is 0. The smallest absolute Gasteiger partial charge is 0.239 e. The molecule has 3 heterocycles. The highest BCUT2D eigenvalue weighted by molar-refractivity contribution is 7.13. The van der Waals surface area contributed by atoms with Gasteiger partial charge in [0.05, 0.1) is 12.2 Å². The molecular weight excluding hydrogens is 284 g/mol. The average molecular weight is 296 g/mol. The molecule has 4 nitrogen and oxygen atoms in total. The Bertz CT molecular complexity index is 738. The lowest BCUT2D eigenvalue weighted by atomic mass is 9.80. The summed E-state index contributed by atoms with van der Waals surface area (Å²) in [5, 5.41) is 2.59. The number of amides is 1. The van der Waals surface area contributed by atoms with Crippen molar-refractivity contribution in [3.63, 3.8) is 0 Å². The first-order valence-corrected chi connectivity index (χ1v) is 7.55. The second-order valence-electron chi connectivity index (χ2n) is 4.87. The maximum absolute atomic E-state index is 12.6. The summed E-state index contributed by atoms with van der Waals surface area (Å²) in [5.41, 5.74) is 1.01. The van der Waals surface area contributed by atoms with Crippen LogP contribution in [0.15, 0.2) is 64.7 Å². The van der Waals surface area contributed by atoms with Gasteiger partial charge < -0.3 is 4.42 Å². The molecule has 0 aliphatic carbocycles. The molecule has 1 aliphatic heterocycles. The minimum absolute atomic E-state index is 0.0672. The zero-order valence-corrected chi connectivity index (χ0v) is 11.9. The van der Waals surface area contributed by atoms with E-state index in [1.54, 1.807) is 17.4 Å². The van der Waals surface area contributed by atoms with Crippen molar-refractivity contribution in [2.45, 2.75) is 12.0 Å². The van der Waals surface area contributed by atoms with Crippen LogP contribution in [0.2, 0.25) is 0 Å². The molecule has 0 radical (unpaired) electrons. The van der Waals surface area contributed by atoms with E-state index in [-0.39, 0.29) is 17.9 Å². The lowest BCUT2D eigenvalue weighted by Gasteiger charge is -2.44. The van der Waals surface area contributed by atoms with Crippen LogP contribution in [0.4, 0.5) is 5.13 Å². The Labute approximate surface area is 125 Å². The number of nitrogens with zero attached hydrogens (tertiary/aromatic N) is 2. The summed E-state index contributed by atoms with van der Waals surface area (Å²) in [7, 11) is 0. The number of anilines is 1. The van der Waals surface area contributed by atoms with Gasteiger partial charge in [0, 0.05) is 11.6 Å². The number of thiazole rings is 1. The van der Waals surface area contributed by atoms with E-state index in [2.05, 4.69) is 4.98 Å². The number of carbonyl (C=O) groups is 1. The number of β-lactam (4-membered cyclic amide) rings is 1. The molecule has 1 fully saturated rings. The van der Waals surface area contributed by atoms with Crippen molar-refractivity contribution in [1.29, 1.82) is 0 Å². The molecule has 4 rings (SSSR count). The van der Waals surface area contributed by atoms with Gasteiger partial charge in [-0.25, -0.2) is 4.98 Å². The van der Waals surface area contributed by atoms with E-state index >= 15 is 0 Å². The van der Waals surface area contributed by atoms with E-state index in [1.807, 2.05) is 47.8 Å².